The quantitative estimate of drug-likeness (QED) is 0.845. The first-order valence-corrected chi connectivity index (χ1v) is 9.97. The highest BCUT2D eigenvalue weighted by Gasteiger charge is 2.47. The normalized spacial score (nSPS) is 29.3. The number of ether oxygens (including phenoxy) is 2. The van der Waals surface area contributed by atoms with Crippen LogP contribution < -0.4 is 10.1 Å². The van der Waals surface area contributed by atoms with Crippen LogP contribution in [0.1, 0.15) is 46.5 Å². The second-order valence-electron chi connectivity index (χ2n) is 8.54. The fourth-order valence-electron chi connectivity index (χ4n) is 4.07. The summed E-state index contributed by atoms with van der Waals surface area (Å²) in [4.78, 5) is 14.6. The number of piperidine rings is 1. The number of aliphatic hydroxyl groups excluding tert-OH is 1. The Labute approximate surface area is 161 Å². The van der Waals surface area contributed by atoms with Gasteiger partial charge in [-0.05, 0) is 58.8 Å². The van der Waals surface area contributed by atoms with Gasteiger partial charge in [-0.2, -0.15) is 0 Å². The molecule has 1 aromatic carbocycles. The average Bonchev–Trinajstić information content (AvgIpc) is 2.90. The molecule has 1 aliphatic heterocycles. The highest BCUT2D eigenvalue weighted by atomic mass is 16.6. The minimum Gasteiger partial charge on any atom is -0.488 e. The smallest absolute Gasteiger partial charge is 0.407 e. The number of rotatable bonds is 4. The van der Waals surface area contributed by atoms with Crippen LogP contribution in [0.15, 0.2) is 30.3 Å². The average molecular weight is 376 g/mol. The molecule has 1 heterocycles. The first kappa shape index (κ1) is 20.0. The number of hydrogen-bond acceptors (Lipinski definition) is 5. The van der Waals surface area contributed by atoms with E-state index in [1.54, 1.807) is 0 Å². The molecular weight excluding hydrogens is 344 g/mol. The van der Waals surface area contributed by atoms with Crippen molar-refractivity contribution in [1.82, 2.24) is 10.2 Å². The van der Waals surface area contributed by atoms with E-state index in [1.807, 2.05) is 51.1 Å². The van der Waals surface area contributed by atoms with E-state index in [4.69, 9.17) is 9.47 Å². The first-order valence-electron chi connectivity index (χ1n) is 9.97. The van der Waals surface area contributed by atoms with Crippen LogP contribution in [0.5, 0.6) is 5.75 Å². The number of alkyl carbamates (subject to hydrolysis) is 1. The number of benzene rings is 1. The van der Waals surface area contributed by atoms with Gasteiger partial charge in [0.05, 0.1) is 12.1 Å². The molecule has 150 valence electrons. The van der Waals surface area contributed by atoms with E-state index in [2.05, 4.69) is 10.2 Å². The second kappa shape index (κ2) is 8.48. The Kier molecular flexibility index (Phi) is 6.27. The summed E-state index contributed by atoms with van der Waals surface area (Å²) >= 11 is 0. The molecule has 2 fully saturated rings. The molecule has 27 heavy (non-hydrogen) atoms. The van der Waals surface area contributed by atoms with Gasteiger partial charge < -0.3 is 19.9 Å². The molecule has 0 bridgehead atoms. The van der Waals surface area contributed by atoms with Crippen LogP contribution in [0.3, 0.4) is 0 Å². The lowest BCUT2D eigenvalue weighted by Gasteiger charge is -2.37. The maximum absolute atomic E-state index is 12.3. The number of carbonyl (C=O) groups excluding carboxylic acids is 1. The zero-order valence-corrected chi connectivity index (χ0v) is 16.6. The number of nitrogens with zero attached hydrogens (tertiary/aromatic N) is 1. The molecule has 2 aliphatic rings. The van der Waals surface area contributed by atoms with E-state index in [0.717, 1.165) is 31.7 Å². The number of hydrogen-bond donors (Lipinski definition) is 2. The molecule has 2 N–H and O–H groups in total. The SMILES string of the molecule is CC(C)(C)OC(=O)N[C@@H]1C[C@@H](Oc2ccccc2)[C@H](O)[C@H]1N1CCCCC1. The lowest BCUT2D eigenvalue weighted by Crippen LogP contribution is -2.55. The highest BCUT2D eigenvalue weighted by molar-refractivity contribution is 5.68. The molecule has 0 radical (unpaired) electrons. The van der Waals surface area contributed by atoms with Crippen molar-refractivity contribution < 1.29 is 19.4 Å². The molecule has 1 saturated carbocycles. The lowest BCUT2D eigenvalue weighted by atomic mass is 10.0. The highest BCUT2D eigenvalue weighted by Crippen LogP contribution is 2.31. The predicted molar refractivity (Wildman–Crippen MR) is 104 cm³/mol. The largest absolute Gasteiger partial charge is 0.488 e. The fraction of sp³-hybridized carbons (Fsp3) is 0.667. The molecule has 1 saturated heterocycles. The van der Waals surface area contributed by atoms with Gasteiger partial charge in [0.1, 0.15) is 23.6 Å². The van der Waals surface area contributed by atoms with Crippen LogP contribution in [0.4, 0.5) is 4.79 Å². The van der Waals surface area contributed by atoms with Crippen LogP contribution in [0.25, 0.3) is 0 Å². The zero-order chi connectivity index (χ0) is 19.4. The monoisotopic (exact) mass is 376 g/mol. The van der Waals surface area contributed by atoms with Gasteiger partial charge in [-0.15, -0.1) is 0 Å². The van der Waals surface area contributed by atoms with E-state index in [1.165, 1.54) is 6.42 Å². The third kappa shape index (κ3) is 5.36. The Morgan fingerprint density at radius 3 is 2.44 bits per heavy atom. The van der Waals surface area contributed by atoms with Crippen molar-refractivity contribution in [1.29, 1.82) is 0 Å². The maximum Gasteiger partial charge on any atom is 0.407 e. The van der Waals surface area contributed by atoms with Crippen molar-refractivity contribution in [2.75, 3.05) is 13.1 Å². The van der Waals surface area contributed by atoms with Crippen molar-refractivity contribution in [3.05, 3.63) is 30.3 Å². The van der Waals surface area contributed by atoms with Gasteiger partial charge in [-0.25, -0.2) is 4.79 Å². The Morgan fingerprint density at radius 2 is 1.81 bits per heavy atom. The third-order valence-corrected chi connectivity index (χ3v) is 5.17. The van der Waals surface area contributed by atoms with Crippen molar-refractivity contribution in [3.63, 3.8) is 0 Å². The van der Waals surface area contributed by atoms with Crippen molar-refractivity contribution in [3.8, 4) is 5.75 Å². The Hall–Kier alpha value is -1.79. The summed E-state index contributed by atoms with van der Waals surface area (Å²) in [5.74, 6) is 0.733. The Balaban J connectivity index is 1.72. The molecule has 6 nitrogen and oxygen atoms in total. The maximum atomic E-state index is 12.3. The Bertz CT molecular complexity index is 610. The predicted octanol–water partition coefficient (Wildman–Crippen LogP) is 2.95. The van der Waals surface area contributed by atoms with Crippen LogP contribution >= 0.6 is 0 Å². The standard InChI is InChI=1S/C21H32N2O4/c1-21(2,3)27-20(25)22-16-14-17(26-15-10-6-4-7-11-15)19(24)18(16)23-12-8-5-9-13-23/h4,6-7,10-11,16-19,24H,5,8-9,12-14H2,1-3H3,(H,22,25)/t16-,17-,18+,19+/m1/s1. The summed E-state index contributed by atoms with van der Waals surface area (Å²) in [7, 11) is 0. The molecule has 1 aromatic rings. The molecule has 3 rings (SSSR count). The lowest BCUT2D eigenvalue weighted by molar-refractivity contribution is -0.0000799. The van der Waals surface area contributed by atoms with Gasteiger partial charge in [-0.3, -0.25) is 4.90 Å². The summed E-state index contributed by atoms with van der Waals surface area (Å²) < 4.78 is 11.5. The molecule has 0 spiro atoms. The number of amides is 1. The van der Waals surface area contributed by atoms with Crippen LogP contribution in [-0.4, -0.2) is 59.1 Å². The number of aliphatic hydroxyl groups is 1. The van der Waals surface area contributed by atoms with Gasteiger partial charge in [0.25, 0.3) is 0 Å². The number of nitrogens with one attached hydrogen (secondary N) is 1. The molecule has 4 atom stereocenters. The van der Waals surface area contributed by atoms with Gasteiger partial charge >= 0.3 is 6.09 Å². The third-order valence-electron chi connectivity index (χ3n) is 5.17. The molecule has 1 aliphatic carbocycles. The van der Waals surface area contributed by atoms with Crippen molar-refractivity contribution in [2.45, 2.75) is 76.3 Å². The van der Waals surface area contributed by atoms with Gasteiger partial charge in [0, 0.05) is 6.42 Å². The van der Waals surface area contributed by atoms with E-state index in [9.17, 15) is 9.90 Å². The minimum absolute atomic E-state index is 0.161. The van der Waals surface area contributed by atoms with Crippen molar-refractivity contribution >= 4 is 6.09 Å². The van der Waals surface area contributed by atoms with Crippen molar-refractivity contribution in [2.24, 2.45) is 0 Å². The number of para-hydroxylation sites is 1. The summed E-state index contributed by atoms with van der Waals surface area (Å²) in [6.45, 7) is 7.41. The molecule has 0 aromatic heterocycles. The molecule has 6 heteroatoms. The van der Waals surface area contributed by atoms with Crippen LogP contribution in [-0.2, 0) is 4.74 Å². The fourth-order valence-corrected chi connectivity index (χ4v) is 4.07. The summed E-state index contributed by atoms with van der Waals surface area (Å²) in [6.07, 6.45) is 2.54. The van der Waals surface area contributed by atoms with Crippen LogP contribution in [0, 0.1) is 0 Å². The Morgan fingerprint density at radius 1 is 1.15 bits per heavy atom. The summed E-state index contributed by atoms with van der Waals surface area (Å²) in [5.41, 5.74) is -0.554. The first-order chi connectivity index (χ1) is 12.8. The van der Waals surface area contributed by atoms with Gasteiger partial charge in [0.15, 0.2) is 0 Å². The van der Waals surface area contributed by atoms with E-state index >= 15 is 0 Å². The van der Waals surface area contributed by atoms with Gasteiger partial charge in [-0.1, -0.05) is 24.6 Å². The van der Waals surface area contributed by atoms with E-state index in [-0.39, 0.29) is 18.2 Å². The second-order valence-corrected chi connectivity index (χ2v) is 8.54. The summed E-state index contributed by atoms with van der Waals surface area (Å²) in [6, 6.07) is 9.16. The summed E-state index contributed by atoms with van der Waals surface area (Å²) in [5, 5.41) is 14.0. The molecular formula is C21H32N2O4. The molecule has 0 unspecified atom stereocenters. The van der Waals surface area contributed by atoms with E-state index < -0.39 is 17.8 Å². The van der Waals surface area contributed by atoms with Crippen LogP contribution in [0.2, 0.25) is 0 Å². The molecule has 1 amide bonds. The number of carbonyl (C=O) groups is 1. The topological polar surface area (TPSA) is 71.0 Å². The van der Waals surface area contributed by atoms with E-state index in [0.29, 0.717) is 6.42 Å². The zero-order valence-electron chi connectivity index (χ0n) is 16.6. The number of likely N-dealkylation sites (tertiary alicyclic amines) is 1. The minimum atomic E-state index is -0.664. The van der Waals surface area contributed by atoms with Gasteiger partial charge in [0.2, 0.25) is 0 Å².